The molecule has 1 aromatic rings. The van der Waals surface area contributed by atoms with Gasteiger partial charge < -0.3 is 5.11 Å². The second-order valence-corrected chi connectivity index (χ2v) is 4.64. The van der Waals surface area contributed by atoms with Crippen molar-refractivity contribution in [2.45, 2.75) is 47.1 Å². The largest absolute Gasteiger partial charge is 0.388 e. The third kappa shape index (κ3) is 2.60. The van der Waals surface area contributed by atoms with Crippen LogP contribution in [0, 0.1) is 26.7 Å². The Kier molecular flexibility index (Phi) is 3.92. The summed E-state index contributed by atoms with van der Waals surface area (Å²) in [6.07, 6.45) is 0.684. The first-order valence-electron chi connectivity index (χ1n) is 5.73. The van der Waals surface area contributed by atoms with Gasteiger partial charge in [-0.15, -0.1) is 0 Å². The number of aryl methyl sites for hydroxylation is 3. The van der Waals surface area contributed by atoms with E-state index in [-0.39, 0.29) is 6.10 Å². The summed E-state index contributed by atoms with van der Waals surface area (Å²) in [7, 11) is 0. The Morgan fingerprint density at radius 2 is 1.60 bits per heavy atom. The van der Waals surface area contributed by atoms with Gasteiger partial charge >= 0.3 is 0 Å². The van der Waals surface area contributed by atoms with E-state index in [1.54, 1.807) is 0 Å². The van der Waals surface area contributed by atoms with Crippen molar-refractivity contribution in [3.8, 4) is 0 Å². The molecule has 1 nitrogen and oxygen atoms in total. The minimum Gasteiger partial charge on any atom is -0.388 e. The molecule has 0 aromatic heterocycles. The molecule has 0 heterocycles. The Bertz CT molecular complexity index is 318. The Morgan fingerprint density at radius 1 is 1.13 bits per heavy atom. The summed E-state index contributed by atoms with van der Waals surface area (Å²) >= 11 is 0. The van der Waals surface area contributed by atoms with Gasteiger partial charge in [0.1, 0.15) is 0 Å². The van der Waals surface area contributed by atoms with Crippen LogP contribution in [-0.4, -0.2) is 5.11 Å². The Morgan fingerprint density at radius 3 is 2.00 bits per heavy atom. The maximum atomic E-state index is 10.2. The molecule has 0 spiro atoms. The maximum absolute atomic E-state index is 10.2. The van der Waals surface area contributed by atoms with Crippen molar-refractivity contribution in [1.29, 1.82) is 0 Å². The van der Waals surface area contributed by atoms with Crippen molar-refractivity contribution in [1.82, 2.24) is 0 Å². The molecule has 0 saturated heterocycles. The molecule has 1 rings (SSSR count). The molecular weight excluding hydrogens is 184 g/mol. The molecule has 0 aliphatic carbocycles. The fourth-order valence-electron chi connectivity index (χ4n) is 2.17. The van der Waals surface area contributed by atoms with E-state index in [9.17, 15) is 5.11 Å². The number of hydrogen-bond acceptors (Lipinski definition) is 1. The zero-order chi connectivity index (χ0) is 11.6. The highest BCUT2D eigenvalue weighted by molar-refractivity contribution is 5.39. The number of hydrogen-bond donors (Lipinski definition) is 1. The van der Waals surface area contributed by atoms with Crippen LogP contribution in [0.4, 0.5) is 0 Å². The van der Waals surface area contributed by atoms with Crippen molar-refractivity contribution < 1.29 is 5.11 Å². The van der Waals surface area contributed by atoms with Gasteiger partial charge in [0.2, 0.25) is 0 Å². The van der Waals surface area contributed by atoms with E-state index < -0.39 is 0 Å². The van der Waals surface area contributed by atoms with Crippen molar-refractivity contribution in [2.24, 2.45) is 5.92 Å². The molecule has 2 unspecified atom stereocenters. The normalized spacial score (nSPS) is 15.1. The third-order valence-electron chi connectivity index (χ3n) is 3.22. The molecule has 1 heteroatoms. The fourth-order valence-corrected chi connectivity index (χ4v) is 2.17. The number of aliphatic hydroxyl groups excluding tert-OH is 1. The van der Waals surface area contributed by atoms with E-state index in [2.05, 4.69) is 46.8 Å². The second kappa shape index (κ2) is 4.80. The van der Waals surface area contributed by atoms with Gasteiger partial charge in [-0.1, -0.05) is 38.0 Å². The Balaban J connectivity index is 3.13. The molecular formula is C14H22O. The summed E-state index contributed by atoms with van der Waals surface area (Å²) in [4.78, 5) is 0. The summed E-state index contributed by atoms with van der Waals surface area (Å²) in [5.74, 6) is 0.324. The summed E-state index contributed by atoms with van der Waals surface area (Å²) in [5.41, 5.74) is 4.81. The van der Waals surface area contributed by atoms with Crippen molar-refractivity contribution in [2.75, 3.05) is 0 Å². The van der Waals surface area contributed by atoms with Gasteiger partial charge in [-0.3, -0.25) is 0 Å². The van der Waals surface area contributed by atoms with Crippen LogP contribution in [0.2, 0.25) is 0 Å². The molecule has 0 aliphatic rings. The topological polar surface area (TPSA) is 20.2 Å². The van der Waals surface area contributed by atoms with Gasteiger partial charge in [-0.05, 0) is 43.4 Å². The molecule has 0 amide bonds. The molecule has 0 bridgehead atoms. The van der Waals surface area contributed by atoms with Crippen molar-refractivity contribution in [3.05, 3.63) is 34.4 Å². The monoisotopic (exact) mass is 206 g/mol. The third-order valence-corrected chi connectivity index (χ3v) is 3.22. The number of rotatable bonds is 3. The Labute approximate surface area is 93.1 Å². The van der Waals surface area contributed by atoms with Crippen LogP contribution in [0.1, 0.15) is 48.6 Å². The zero-order valence-corrected chi connectivity index (χ0v) is 10.5. The zero-order valence-electron chi connectivity index (χ0n) is 10.5. The quantitative estimate of drug-likeness (QED) is 0.799. The van der Waals surface area contributed by atoms with Gasteiger partial charge in [0, 0.05) is 0 Å². The number of aliphatic hydroxyl groups is 1. The van der Waals surface area contributed by atoms with Gasteiger partial charge in [-0.25, -0.2) is 0 Å². The maximum Gasteiger partial charge on any atom is 0.0820 e. The Hall–Kier alpha value is -0.820. The average molecular weight is 206 g/mol. The van der Waals surface area contributed by atoms with Gasteiger partial charge in [-0.2, -0.15) is 0 Å². The van der Waals surface area contributed by atoms with E-state index in [0.717, 1.165) is 12.0 Å². The van der Waals surface area contributed by atoms with Crippen LogP contribution >= 0.6 is 0 Å². The lowest BCUT2D eigenvalue weighted by Gasteiger charge is -2.22. The summed E-state index contributed by atoms with van der Waals surface area (Å²) in [6.45, 7) is 10.5. The molecule has 0 radical (unpaired) electrons. The summed E-state index contributed by atoms with van der Waals surface area (Å²) < 4.78 is 0. The van der Waals surface area contributed by atoms with Crippen LogP contribution in [0.3, 0.4) is 0 Å². The lowest BCUT2D eigenvalue weighted by Crippen LogP contribution is -2.11. The molecule has 1 N–H and O–H groups in total. The molecule has 2 atom stereocenters. The first-order chi connectivity index (χ1) is 6.97. The molecule has 0 aliphatic heterocycles. The highest BCUT2D eigenvalue weighted by Gasteiger charge is 2.18. The van der Waals surface area contributed by atoms with Gasteiger partial charge in [0.05, 0.1) is 6.10 Å². The second-order valence-electron chi connectivity index (χ2n) is 4.64. The van der Waals surface area contributed by atoms with Crippen molar-refractivity contribution in [3.63, 3.8) is 0 Å². The van der Waals surface area contributed by atoms with E-state index in [0.29, 0.717) is 5.92 Å². The highest BCUT2D eigenvalue weighted by Crippen LogP contribution is 2.30. The van der Waals surface area contributed by atoms with Crippen LogP contribution in [0.15, 0.2) is 12.1 Å². The molecule has 0 saturated carbocycles. The van der Waals surface area contributed by atoms with E-state index in [1.807, 2.05) is 0 Å². The lowest BCUT2D eigenvalue weighted by atomic mass is 9.88. The van der Waals surface area contributed by atoms with Crippen LogP contribution < -0.4 is 0 Å². The average Bonchev–Trinajstić information content (AvgIpc) is 2.14. The van der Waals surface area contributed by atoms with E-state index >= 15 is 0 Å². The van der Waals surface area contributed by atoms with E-state index in [4.69, 9.17) is 0 Å². The lowest BCUT2D eigenvalue weighted by molar-refractivity contribution is 0.114. The summed E-state index contributed by atoms with van der Waals surface area (Å²) in [5, 5.41) is 10.2. The minimum absolute atomic E-state index is 0.324. The molecule has 1 aromatic carbocycles. The van der Waals surface area contributed by atoms with Gasteiger partial charge in [0.25, 0.3) is 0 Å². The standard InChI is InChI=1S/C14H22O/c1-6-10(3)14(15)13-11(4)7-9(2)8-12(13)5/h7-8,10,14-15H,6H2,1-5H3. The molecule has 15 heavy (non-hydrogen) atoms. The first-order valence-corrected chi connectivity index (χ1v) is 5.73. The highest BCUT2D eigenvalue weighted by atomic mass is 16.3. The fraction of sp³-hybridized carbons (Fsp3) is 0.571. The van der Waals surface area contributed by atoms with Gasteiger partial charge in [0.15, 0.2) is 0 Å². The predicted octanol–water partition coefficient (Wildman–Crippen LogP) is 3.69. The smallest absolute Gasteiger partial charge is 0.0820 e. The minimum atomic E-state index is -0.324. The molecule has 84 valence electrons. The SMILES string of the molecule is CCC(C)C(O)c1c(C)cc(C)cc1C. The van der Waals surface area contributed by atoms with Crippen LogP contribution in [-0.2, 0) is 0 Å². The van der Waals surface area contributed by atoms with E-state index in [1.165, 1.54) is 16.7 Å². The van der Waals surface area contributed by atoms with Crippen LogP contribution in [0.5, 0.6) is 0 Å². The number of benzene rings is 1. The van der Waals surface area contributed by atoms with Crippen LogP contribution in [0.25, 0.3) is 0 Å². The van der Waals surface area contributed by atoms with Crippen molar-refractivity contribution >= 4 is 0 Å². The predicted molar refractivity (Wildman–Crippen MR) is 65.1 cm³/mol. The molecule has 0 fully saturated rings. The summed E-state index contributed by atoms with van der Waals surface area (Å²) in [6, 6.07) is 4.29. The first kappa shape index (κ1) is 12.3.